The largest absolute Gasteiger partial charge is 0.487 e. The molecule has 0 saturated heterocycles. The van der Waals surface area contributed by atoms with E-state index in [1.54, 1.807) is 30.3 Å². The molecule has 5 heteroatoms. The fraction of sp³-hybridized carbons (Fsp3) is 0.143. The van der Waals surface area contributed by atoms with Crippen molar-refractivity contribution < 1.29 is 14.2 Å². The average molecular weight is 282 g/mol. The Morgan fingerprint density at radius 2 is 1.89 bits per heavy atom. The highest BCUT2D eigenvalue weighted by atomic mass is 35.5. The van der Waals surface area contributed by atoms with E-state index >= 15 is 0 Å². The Morgan fingerprint density at radius 1 is 1.21 bits per heavy atom. The molecule has 1 atom stereocenters. The maximum absolute atomic E-state index is 13.6. The van der Waals surface area contributed by atoms with Gasteiger partial charge in [0.15, 0.2) is 11.6 Å². The van der Waals surface area contributed by atoms with E-state index in [-0.39, 0.29) is 17.4 Å². The van der Waals surface area contributed by atoms with Crippen LogP contribution < -0.4 is 10.5 Å². The summed E-state index contributed by atoms with van der Waals surface area (Å²) in [6.07, 6.45) is -0.862. The monoisotopic (exact) mass is 281 g/mol. The van der Waals surface area contributed by atoms with Gasteiger partial charge in [-0.05, 0) is 29.8 Å². The first-order valence-electron chi connectivity index (χ1n) is 5.68. The number of rotatable bonds is 4. The number of halogens is 2. The van der Waals surface area contributed by atoms with Gasteiger partial charge in [-0.3, -0.25) is 0 Å². The number of aliphatic hydroxyl groups excluding tert-OH is 1. The zero-order valence-corrected chi connectivity index (χ0v) is 10.8. The van der Waals surface area contributed by atoms with Crippen molar-refractivity contribution in [3.63, 3.8) is 0 Å². The summed E-state index contributed by atoms with van der Waals surface area (Å²) in [4.78, 5) is 0. The molecule has 2 rings (SSSR count). The minimum Gasteiger partial charge on any atom is -0.487 e. The SMILES string of the molecule is Nc1ccc(C(O)COc2cccc(Cl)c2F)cc1. The molecule has 0 heterocycles. The van der Waals surface area contributed by atoms with Gasteiger partial charge >= 0.3 is 0 Å². The standard InChI is InChI=1S/C14H13ClFNO2/c15-11-2-1-3-13(14(11)16)19-8-12(18)9-4-6-10(17)7-5-9/h1-7,12,18H,8,17H2. The van der Waals surface area contributed by atoms with Crippen molar-refractivity contribution in [3.8, 4) is 5.75 Å². The second-order valence-corrected chi connectivity index (χ2v) is 4.45. The second-order valence-electron chi connectivity index (χ2n) is 4.05. The molecule has 3 N–H and O–H groups in total. The van der Waals surface area contributed by atoms with Gasteiger partial charge < -0.3 is 15.6 Å². The van der Waals surface area contributed by atoms with Crippen LogP contribution in [0.2, 0.25) is 5.02 Å². The molecule has 2 aromatic rings. The van der Waals surface area contributed by atoms with Gasteiger partial charge in [-0.25, -0.2) is 4.39 Å². The van der Waals surface area contributed by atoms with E-state index < -0.39 is 11.9 Å². The summed E-state index contributed by atoms with van der Waals surface area (Å²) in [5.74, 6) is -0.615. The fourth-order valence-corrected chi connectivity index (χ4v) is 1.74. The molecule has 0 bridgehead atoms. The van der Waals surface area contributed by atoms with Crippen LogP contribution in [0.5, 0.6) is 5.75 Å². The van der Waals surface area contributed by atoms with Crippen molar-refractivity contribution in [1.29, 1.82) is 0 Å². The normalized spacial score (nSPS) is 12.2. The smallest absolute Gasteiger partial charge is 0.183 e. The molecule has 2 aromatic carbocycles. The molecule has 0 aliphatic rings. The van der Waals surface area contributed by atoms with E-state index in [4.69, 9.17) is 22.1 Å². The van der Waals surface area contributed by atoms with E-state index in [9.17, 15) is 9.50 Å². The van der Waals surface area contributed by atoms with Crippen LogP contribution in [0, 0.1) is 5.82 Å². The van der Waals surface area contributed by atoms with Crippen LogP contribution in [0.15, 0.2) is 42.5 Å². The highest BCUT2D eigenvalue weighted by Crippen LogP contribution is 2.25. The summed E-state index contributed by atoms with van der Waals surface area (Å²) in [7, 11) is 0. The van der Waals surface area contributed by atoms with Gasteiger partial charge in [-0.1, -0.05) is 29.8 Å². The Morgan fingerprint density at radius 3 is 2.58 bits per heavy atom. The highest BCUT2D eigenvalue weighted by molar-refractivity contribution is 6.30. The van der Waals surface area contributed by atoms with E-state index in [1.807, 2.05) is 0 Å². The molecule has 100 valence electrons. The quantitative estimate of drug-likeness (QED) is 0.846. The number of aliphatic hydroxyl groups is 1. The predicted molar refractivity (Wildman–Crippen MR) is 72.7 cm³/mol. The lowest BCUT2D eigenvalue weighted by Gasteiger charge is -2.13. The molecule has 0 aromatic heterocycles. The topological polar surface area (TPSA) is 55.5 Å². The van der Waals surface area contributed by atoms with Gasteiger partial charge in [-0.15, -0.1) is 0 Å². The van der Waals surface area contributed by atoms with Crippen molar-refractivity contribution in [3.05, 3.63) is 58.9 Å². The van der Waals surface area contributed by atoms with Crippen LogP contribution in [0.3, 0.4) is 0 Å². The first-order chi connectivity index (χ1) is 9.08. The first kappa shape index (κ1) is 13.6. The molecular weight excluding hydrogens is 269 g/mol. The summed E-state index contributed by atoms with van der Waals surface area (Å²) in [6.45, 7) is -0.0683. The Balaban J connectivity index is 2.02. The maximum atomic E-state index is 13.6. The Bertz CT molecular complexity index is 560. The third kappa shape index (κ3) is 3.36. The molecule has 0 radical (unpaired) electrons. The lowest BCUT2D eigenvalue weighted by Crippen LogP contribution is -2.10. The average Bonchev–Trinajstić information content (AvgIpc) is 2.41. The molecule has 1 unspecified atom stereocenters. The first-order valence-corrected chi connectivity index (χ1v) is 6.06. The third-order valence-electron chi connectivity index (χ3n) is 2.63. The van der Waals surface area contributed by atoms with Crippen LogP contribution in [0.1, 0.15) is 11.7 Å². The molecule has 0 fully saturated rings. The summed E-state index contributed by atoms with van der Waals surface area (Å²) < 4.78 is 18.8. The third-order valence-corrected chi connectivity index (χ3v) is 2.93. The Kier molecular flexibility index (Phi) is 4.24. The van der Waals surface area contributed by atoms with Crippen LogP contribution in [0.4, 0.5) is 10.1 Å². The van der Waals surface area contributed by atoms with E-state index in [0.717, 1.165) is 0 Å². The highest BCUT2D eigenvalue weighted by Gasteiger charge is 2.11. The van der Waals surface area contributed by atoms with Crippen LogP contribution >= 0.6 is 11.6 Å². The van der Waals surface area contributed by atoms with E-state index in [0.29, 0.717) is 11.3 Å². The molecular formula is C14H13ClFNO2. The van der Waals surface area contributed by atoms with Crippen LogP contribution in [-0.4, -0.2) is 11.7 Å². The second kappa shape index (κ2) is 5.91. The Labute approximate surface area is 115 Å². The number of nitrogens with two attached hydrogens (primary N) is 1. The molecule has 0 spiro atoms. The van der Waals surface area contributed by atoms with E-state index in [2.05, 4.69) is 0 Å². The zero-order chi connectivity index (χ0) is 13.8. The molecule has 3 nitrogen and oxygen atoms in total. The summed E-state index contributed by atoms with van der Waals surface area (Å²) in [5, 5.41) is 9.90. The van der Waals surface area contributed by atoms with Gasteiger partial charge in [0.2, 0.25) is 0 Å². The summed E-state index contributed by atoms with van der Waals surface area (Å²) in [5.41, 5.74) is 6.81. The number of nitrogen functional groups attached to an aromatic ring is 1. The molecule has 0 aliphatic heterocycles. The van der Waals surface area contributed by atoms with E-state index in [1.165, 1.54) is 12.1 Å². The van der Waals surface area contributed by atoms with Crippen molar-refractivity contribution in [2.45, 2.75) is 6.10 Å². The zero-order valence-electron chi connectivity index (χ0n) is 10.0. The van der Waals surface area contributed by atoms with Crippen LogP contribution in [0.25, 0.3) is 0 Å². The number of ether oxygens (including phenoxy) is 1. The van der Waals surface area contributed by atoms with Crippen molar-refractivity contribution in [2.75, 3.05) is 12.3 Å². The molecule has 0 amide bonds. The Hall–Kier alpha value is -1.78. The lowest BCUT2D eigenvalue weighted by molar-refractivity contribution is 0.106. The minimum atomic E-state index is -0.862. The van der Waals surface area contributed by atoms with Crippen LogP contribution in [-0.2, 0) is 0 Å². The lowest BCUT2D eigenvalue weighted by atomic mass is 10.1. The molecule has 0 saturated carbocycles. The number of hydrogen-bond acceptors (Lipinski definition) is 3. The van der Waals surface area contributed by atoms with Gasteiger partial charge in [0, 0.05) is 5.69 Å². The van der Waals surface area contributed by atoms with Crippen molar-refractivity contribution >= 4 is 17.3 Å². The molecule has 19 heavy (non-hydrogen) atoms. The number of anilines is 1. The molecule has 0 aliphatic carbocycles. The summed E-state index contributed by atoms with van der Waals surface area (Å²) in [6, 6.07) is 11.2. The van der Waals surface area contributed by atoms with Crippen molar-refractivity contribution in [1.82, 2.24) is 0 Å². The number of benzene rings is 2. The summed E-state index contributed by atoms with van der Waals surface area (Å²) >= 11 is 5.63. The van der Waals surface area contributed by atoms with Gasteiger partial charge in [0.25, 0.3) is 0 Å². The minimum absolute atomic E-state index is 0.0144. The predicted octanol–water partition coefficient (Wildman–Crippen LogP) is 3.17. The van der Waals surface area contributed by atoms with Gasteiger partial charge in [-0.2, -0.15) is 0 Å². The van der Waals surface area contributed by atoms with Gasteiger partial charge in [0.05, 0.1) is 5.02 Å². The fourth-order valence-electron chi connectivity index (χ4n) is 1.58. The van der Waals surface area contributed by atoms with Gasteiger partial charge in [0.1, 0.15) is 12.7 Å². The maximum Gasteiger partial charge on any atom is 0.183 e. The number of hydrogen-bond donors (Lipinski definition) is 2. The van der Waals surface area contributed by atoms with Crippen molar-refractivity contribution in [2.24, 2.45) is 0 Å².